The number of fused-ring (bicyclic) bond motifs is 1. The second kappa shape index (κ2) is 14.0. The highest BCUT2D eigenvalue weighted by atomic mass is 31.2. The number of aliphatic hydroxyl groups is 1. The average molecular weight is 722 g/mol. The van der Waals surface area contributed by atoms with Gasteiger partial charge in [-0.3, -0.25) is 28.0 Å². The first-order chi connectivity index (χ1) is 22.5. The summed E-state index contributed by atoms with van der Waals surface area (Å²) in [4.78, 5) is 72.4. The number of nitrogen functional groups attached to an aromatic ring is 2. The predicted molar refractivity (Wildman–Crippen MR) is 154 cm³/mol. The first-order valence-corrected chi connectivity index (χ1v) is 17.0. The Kier molecular flexibility index (Phi) is 10.5. The maximum absolute atomic E-state index is 13.2. The number of aromatic nitrogens is 6. The van der Waals surface area contributed by atoms with Crippen LogP contribution >= 0.6 is 15.6 Å². The highest BCUT2D eigenvalue weighted by Gasteiger charge is 2.50. The summed E-state index contributed by atoms with van der Waals surface area (Å²) in [7, 11) is -9.58. The zero-order valence-corrected chi connectivity index (χ0v) is 27.1. The lowest BCUT2D eigenvalue weighted by molar-refractivity contribution is -0.238. The number of hydrogen-bond donors (Lipinski definition) is 5. The molecule has 4 unspecified atom stereocenters. The summed E-state index contributed by atoms with van der Waals surface area (Å²) < 4.78 is 64.4. The zero-order valence-electron chi connectivity index (χ0n) is 25.3. The SMILES string of the molecule is COC1[C@@H](OP(=O)([O-])OC[C@H]2O[C@@H](n3ccc(N)nc3=O)C(O)[C@H]2OC(C)C)[C@@H](COP(=O)([O-])O)O[C@H]1n1cnc2c(=O)[nH]c(N)nc21. The molecule has 0 saturated carbocycles. The largest absolute Gasteiger partial charge is 0.756 e. The molecule has 23 nitrogen and oxygen atoms in total. The Morgan fingerprint density at radius 1 is 1.04 bits per heavy atom. The number of nitrogens with one attached hydrogen (secondary N) is 1. The molecule has 7 N–H and O–H groups in total. The fourth-order valence-corrected chi connectivity index (χ4v) is 6.55. The van der Waals surface area contributed by atoms with Crippen LogP contribution < -0.4 is 32.5 Å². The monoisotopic (exact) mass is 722 g/mol. The van der Waals surface area contributed by atoms with Gasteiger partial charge in [0.25, 0.3) is 21.2 Å². The molecule has 2 aliphatic heterocycles. The first kappa shape index (κ1) is 36.1. The molecular weight excluding hydrogens is 690 g/mol. The topological polar surface area (TPSA) is 336 Å². The molecule has 5 rings (SSSR count). The Balaban J connectivity index is 1.38. The third kappa shape index (κ3) is 7.84. The van der Waals surface area contributed by atoms with Gasteiger partial charge in [0, 0.05) is 13.3 Å². The van der Waals surface area contributed by atoms with Crippen LogP contribution in [-0.2, 0) is 41.6 Å². The van der Waals surface area contributed by atoms with Gasteiger partial charge in [-0.05, 0) is 19.9 Å². The minimum absolute atomic E-state index is 0.0772. The number of anilines is 2. The number of H-pyrrole nitrogens is 1. The number of imidazole rings is 1. The summed E-state index contributed by atoms with van der Waals surface area (Å²) in [5.74, 6) is -0.357. The maximum Gasteiger partial charge on any atom is 0.351 e. The summed E-state index contributed by atoms with van der Waals surface area (Å²) in [6, 6.07) is 1.29. The summed E-state index contributed by atoms with van der Waals surface area (Å²) >= 11 is 0. The van der Waals surface area contributed by atoms with Gasteiger partial charge in [-0.2, -0.15) is 9.97 Å². The second-order valence-electron chi connectivity index (χ2n) is 10.9. The fraction of sp³-hybridized carbons (Fsp3) is 0.609. The van der Waals surface area contributed by atoms with Gasteiger partial charge in [0.05, 0.1) is 25.6 Å². The van der Waals surface area contributed by atoms with Crippen molar-refractivity contribution in [3.8, 4) is 0 Å². The van der Waals surface area contributed by atoms with Crippen LogP contribution in [0.2, 0.25) is 0 Å². The fourth-order valence-electron chi connectivity index (χ4n) is 5.27. The van der Waals surface area contributed by atoms with Gasteiger partial charge in [-0.1, -0.05) is 0 Å². The van der Waals surface area contributed by atoms with Crippen molar-refractivity contribution in [2.75, 3.05) is 31.8 Å². The van der Waals surface area contributed by atoms with Crippen molar-refractivity contribution in [2.45, 2.75) is 69.0 Å². The van der Waals surface area contributed by atoms with Gasteiger partial charge in [0.15, 0.2) is 23.6 Å². The number of nitrogens with two attached hydrogens (primary N) is 2. The normalized spacial score (nSPS) is 30.2. The number of methoxy groups -OCH3 is 1. The Hall–Kier alpha value is -3.15. The predicted octanol–water partition coefficient (Wildman–Crippen LogP) is -3.15. The van der Waals surface area contributed by atoms with Crippen LogP contribution in [0.3, 0.4) is 0 Å². The van der Waals surface area contributed by atoms with Gasteiger partial charge in [-0.15, -0.1) is 0 Å². The van der Waals surface area contributed by atoms with Crippen LogP contribution in [0.4, 0.5) is 11.8 Å². The molecule has 2 saturated heterocycles. The lowest BCUT2D eigenvalue weighted by Gasteiger charge is -2.32. The number of aromatic amines is 1. The maximum atomic E-state index is 13.2. The van der Waals surface area contributed by atoms with Crippen LogP contribution in [0.1, 0.15) is 26.3 Å². The van der Waals surface area contributed by atoms with Crippen LogP contribution in [0.15, 0.2) is 28.2 Å². The van der Waals surface area contributed by atoms with Crippen molar-refractivity contribution >= 4 is 38.6 Å². The smallest absolute Gasteiger partial charge is 0.351 e. The Morgan fingerprint density at radius 2 is 1.71 bits per heavy atom. The van der Waals surface area contributed by atoms with E-state index in [2.05, 4.69) is 24.5 Å². The molecule has 0 bridgehead atoms. The van der Waals surface area contributed by atoms with Crippen LogP contribution in [-0.4, -0.2) is 102 Å². The van der Waals surface area contributed by atoms with Crippen LogP contribution in [0, 0.1) is 0 Å². The van der Waals surface area contributed by atoms with Crippen molar-refractivity contribution in [2.24, 2.45) is 0 Å². The molecule has 0 amide bonds. The Morgan fingerprint density at radius 3 is 2.35 bits per heavy atom. The standard InChI is InChI=1S/C23H34N8O15P2/c1-9(2)43-15-10(44-20(14(15)32)30-5-4-12(24)27-23(30)34)7-42-48(38,39)46-16-11(6-41-47(35,36)37)45-21(17(16)40-3)31-8-26-13-18(31)28-22(25)29-19(13)33/h4-5,8-11,14-17,20-21,32H,6-7H2,1-3H3,(H,38,39)(H2,24,27,34)(H2,35,36,37)(H3,25,28,29,33)/p-2/t10-,11-,14?,15+,16+,17?,20-,21-/m1/s1. The van der Waals surface area contributed by atoms with Crippen LogP contribution in [0.25, 0.3) is 11.2 Å². The van der Waals surface area contributed by atoms with Gasteiger partial charge in [-0.25, -0.2) is 9.78 Å². The quantitative estimate of drug-likeness (QED) is 0.109. The third-order valence-corrected chi connectivity index (χ3v) is 8.64. The molecule has 2 aliphatic rings. The minimum atomic E-state index is -5.41. The summed E-state index contributed by atoms with van der Waals surface area (Å²) in [6.45, 7) is 1.56. The van der Waals surface area contributed by atoms with E-state index >= 15 is 0 Å². The number of aliphatic hydroxyl groups excluding tert-OH is 1. The van der Waals surface area contributed by atoms with E-state index < -0.39 is 95.3 Å². The number of phosphoric ester groups is 2. The molecule has 3 aromatic heterocycles. The number of rotatable bonds is 13. The van der Waals surface area contributed by atoms with E-state index in [1.54, 1.807) is 13.8 Å². The summed E-state index contributed by atoms with van der Waals surface area (Å²) in [5, 5.41) is 11.0. The molecule has 3 aromatic rings. The molecule has 2 fully saturated rings. The van der Waals surface area contributed by atoms with E-state index in [9.17, 15) is 38.5 Å². The van der Waals surface area contributed by atoms with E-state index in [-0.39, 0.29) is 22.9 Å². The number of hydrogen-bond acceptors (Lipinski definition) is 19. The van der Waals surface area contributed by atoms with E-state index in [0.29, 0.717) is 0 Å². The summed E-state index contributed by atoms with van der Waals surface area (Å²) in [6.07, 6.45) is -9.45. The number of nitrogens with zero attached hydrogens (tertiary/aromatic N) is 5. The molecule has 0 radical (unpaired) electrons. The first-order valence-electron chi connectivity index (χ1n) is 14.0. The molecule has 0 spiro atoms. The zero-order chi connectivity index (χ0) is 35.1. The van der Waals surface area contributed by atoms with Gasteiger partial charge < -0.3 is 63.8 Å². The van der Waals surface area contributed by atoms with E-state index in [1.807, 2.05) is 0 Å². The third-order valence-electron chi connectivity index (χ3n) is 7.20. The Labute approximate surface area is 269 Å². The van der Waals surface area contributed by atoms with Crippen LogP contribution in [0.5, 0.6) is 0 Å². The van der Waals surface area contributed by atoms with E-state index in [0.717, 1.165) is 18.0 Å². The highest BCUT2D eigenvalue weighted by molar-refractivity contribution is 7.46. The van der Waals surface area contributed by atoms with Gasteiger partial charge in [0.2, 0.25) is 5.95 Å². The van der Waals surface area contributed by atoms with Crippen molar-refractivity contribution in [3.05, 3.63) is 39.4 Å². The minimum Gasteiger partial charge on any atom is -0.756 e. The van der Waals surface area contributed by atoms with Gasteiger partial charge >= 0.3 is 5.69 Å². The molecule has 25 heteroatoms. The van der Waals surface area contributed by atoms with Crippen molar-refractivity contribution in [1.82, 2.24) is 29.1 Å². The number of ether oxygens (including phenoxy) is 4. The molecule has 266 valence electrons. The lowest BCUT2D eigenvalue weighted by Crippen LogP contribution is -2.40. The molecule has 0 aliphatic carbocycles. The molecule has 5 heterocycles. The number of phosphoric acid groups is 2. The lowest BCUT2D eigenvalue weighted by atomic mass is 10.1. The molecule has 0 aromatic carbocycles. The molecule has 48 heavy (non-hydrogen) atoms. The Bertz CT molecular complexity index is 1830. The van der Waals surface area contributed by atoms with E-state index in [4.69, 9.17) is 39.5 Å². The van der Waals surface area contributed by atoms with Gasteiger partial charge in [0.1, 0.15) is 42.4 Å². The van der Waals surface area contributed by atoms with Crippen molar-refractivity contribution in [1.29, 1.82) is 0 Å². The average Bonchev–Trinajstić information content (AvgIpc) is 3.64. The van der Waals surface area contributed by atoms with E-state index in [1.165, 1.54) is 16.8 Å². The second-order valence-corrected chi connectivity index (χ2v) is 13.4. The summed E-state index contributed by atoms with van der Waals surface area (Å²) in [5.41, 5.74) is 9.40. The van der Waals surface area contributed by atoms with Crippen molar-refractivity contribution in [3.63, 3.8) is 0 Å². The molecular formula is C23H32N8O15P2-2. The van der Waals surface area contributed by atoms with Crippen molar-refractivity contribution < 1.29 is 61.4 Å². The highest BCUT2D eigenvalue weighted by Crippen LogP contribution is 2.48. The molecule has 10 atom stereocenters.